The van der Waals surface area contributed by atoms with E-state index in [1.807, 2.05) is 0 Å². The van der Waals surface area contributed by atoms with Crippen molar-refractivity contribution < 1.29 is 13.6 Å². The van der Waals surface area contributed by atoms with E-state index < -0.39 is 11.6 Å². The molecule has 0 fully saturated rings. The zero-order chi connectivity index (χ0) is 11.4. The Labute approximate surface area is 88.1 Å². The summed E-state index contributed by atoms with van der Waals surface area (Å²) in [7, 11) is 0. The van der Waals surface area contributed by atoms with Crippen LogP contribution < -0.4 is 0 Å². The van der Waals surface area contributed by atoms with Gasteiger partial charge in [0.2, 0.25) is 0 Å². The highest BCUT2D eigenvalue weighted by Gasteiger charge is 2.15. The summed E-state index contributed by atoms with van der Waals surface area (Å²) in [4.78, 5) is 11.3. The molecule has 1 aromatic rings. The third kappa shape index (κ3) is 2.85. The Morgan fingerprint density at radius 2 is 2.07 bits per heavy atom. The number of ketones is 1. The van der Waals surface area contributed by atoms with Crippen LogP contribution in [0.4, 0.5) is 8.78 Å². The van der Waals surface area contributed by atoms with E-state index in [9.17, 15) is 13.6 Å². The first-order valence-corrected chi connectivity index (χ1v) is 5.01. The lowest BCUT2D eigenvalue weighted by atomic mass is 9.95. The van der Waals surface area contributed by atoms with Crippen LogP contribution >= 0.6 is 0 Å². The predicted octanol–water partition coefficient (Wildman–Crippen LogP) is 3.12. The molecule has 1 unspecified atom stereocenters. The third-order valence-corrected chi connectivity index (χ3v) is 2.46. The van der Waals surface area contributed by atoms with E-state index in [-0.39, 0.29) is 23.7 Å². The molecule has 0 aliphatic heterocycles. The molecule has 0 bridgehead atoms. The molecule has 0 spiro atoms. The summed E-state index contributed by atoms with van der Waals surface area (Å²) in [5.41, 5.74) is 0.268. The van der Waals surface area contributed by atoms with Gasteiger partial charge in [-0.25, -0.2) is 8.78 Å². The Bertz CT molecular complexity index is 361. The molecule has 0 aromatic heterocycles. The molecule has 0 saturated carbocycles. The van der Waals surface area contributed by atoms with Gasteiger partial charge in [0.05, 0.1) is 0 Å². The zero-order valence-corrected chi connectivity index (χ0v) is 8.89. The topological polar surface area (TPSA) is 17.1 Å². The molecule has 1 rings (SSSR count). The molecule has 0 radical (unpaired) electrons. The Morgan fingerprint density at radius 3 is 2.67 bits per heavy atom. The minimum Gasteiger partial charge on any atom is -0.299 e. The van der Waals surface area contributed by atoms with Crippen molar-refractivity contribution in [1.82, 2.24) is 0 Å². The molecule has 1 nitrogen and oxygen atoms in total. The molecule has 0 aliphatic rings. The Kier molecular flexibility index (Phi) is 3.95. The second-order valence-electron chi connectivity index (χ2n) is 3.64. The highest BCUT2D eigenvalue weighted by molar-refractivity contribution is 5.80. The summed E-state index contributed by atoms with van der Waals surface area (Å²) >= 11 is 0. The second kappa shape index (κ2) is 5.01. The van der Waals surface area contributed by atoms with E-state index >= 15 is 0 Å². The van der Waals surface area contributed by atoms with Crippen LogP contribution in [-0.4, -0.2) is 5.78 Å². The van der Waals surface area contributed by atoms with E-state index in [1.165, 1.54) is 12.1 Å². The van der Waals surface area contributed by atoms with Gasteiger partial charge in [-0.3, -0.25) is 4.79 Å². The van der Waals surface area contributed by atoms with Gasteiger partial charge in [0, 0.05) is 12.3 Å². The average Bonchev–Trinajstić information content (AvgIpc) is 2.23. The number of rotatable bonds is 4. The zero-order valence-electron chi connectivity index (χ0n) is 8.89. The summed E-state index contributed by atoms with van der Waals surface area (Å²) < 4.78 is 26.1. The van der Waals surface area contributed by atoms with Crippen LogP contribution in [0.1, 0.15) is 25.8 Å². The molecular formula is C12H14F2O. The number of hydrogen-bond donors (Lipinski definition) is 0. The summed E-state index contributed by atoms with van der Waals surface area (Å²) in [5.74, 6) is -1.89. The normalized spacial score (nSPS) is 12.5. The molecule has 0 amide bonds. The first-order valence-electron chi connectivity index (χ1n) is 5.01. The number of Topliss-reactive ketones (excluding diaryl/α,β-unsaturated/α-hetero) is 1. The van der Waals surface area contributed by atoms with Crippen molar-refractivity contribution in [1.29, 1.82) is 0 Å². The molecule has 1 aromatic carbocycles. The minimum absolute atomic E-state index is 0.0682. The van der Waals surface area contributed by atoms with Crippen LogP contribution in [0.2, 0.25) is 0 Å². The Hall–Kier alpha value is -1.25. The minimum atomic E-state index is -0.858. The summed E-state index contributed by atoms with van der Waals surface area (Å²) in [6.45, 7) is 3.50. The van der Waals surface area contributed by atoms with Gasteiger partial charge in [0.15, 0.2) is 11.6 Å². The van der Waals surface area contributed by atoms with Crippen LogP contribution in [0.25, 0.3) is 0 Å². The number of benzene rings is 1. The molecule has 0 N–H and O–H groups in total. The molecule has 15 heavy (non-hydrogen) atoms. The molecule has 0 heterocycles. The molecule has 3 heteroatoms. The second-order valence-corrected chi connectivity index (χ2v) is 3.64. The van der Waals surface area contributed by atoms with E-state index in [0.29, 0.717) is 6.42 Å². The smallest absolute Gasteiger partial charge is 0.162 e. The number of carbonyl (C=O) groups is 1. The average molecular weight is 212 g/mol. The monoisotopic (exact) mass is 212 g/mol. The number of hydrogen-bond acceptors (Lipinski definition) is 1. The van der Waals surface area contributed by atoms with Gasteiger partial charge >= 0.3 is 0 Å². The SMILES string of the molecule is CCC(=O)C(C)Cc1cccc(F)c1F. The molecule has 82 valence electrons. The third-order valence-electron chi connectivity index (χ3n) is 2.46. The van der Waals surface area contributed by atoms with Crippen molar-refractivity contribution in [2.45, 2.75) is 26.7 Å². The van der Waals surface area contributed by atoms with Crippen molar-refractivity contribution in [2.75, 3.05) is 0 Å². The van der Waals surface area contributed by atoms with Gasteiger partial charge < -0.3 is 0 Å². The maximum Gasteiger partial charge on any atom is 0.162 e. The molecule has 0 aliphatic carbocycles. The van der Waals surface area contributed by atoms with Crippen LogP contribution in [0.5, 0.6) is 0 Å². The molecule has 0 saturated heterocycles. The lowest BCUT2D eigenvalue weighted by Crippen LogP contribution is -2.13. The Morgan fingerprint density at radius 1 is 1.40 bits per heavy atom. The highest BCUT2D eigenvalue weighted by Crippen LogP contribution is 2.16. The van der Waals surface area contributed by atoms with E-state index in [4.69, 9.17) is 0 Å². The van der Waals surface area contributed by atoms with E-state index in [0.717, 1.165) is 6.07 Å². The van der Waals surface area contributed by atoms with Crippen molar-refractivity contribution in [3.8, 4) is 0 Å². The number of halogens is 2. The van der Waals surface area contributed by atoms with Crippen LogP contribution in [-0.2, 0) is 11.2 Å². The molecular weight excluding hydrogens is 198 g/mol. The van der Waals surface area contributed by atoms with Gasteiger partial charge in [-0.05, 0) is 18.1 Å². The van der Waals surface area contributed by atoms with Gasteiger partial charge in [-0.15, -0.1) is 0 Å². The number of carbonyl (C=O) groups excluding carboxylic acids is 1. The van der Waals surface area contributed by atoms with Crippen LogP contribution in [0, 0.1) is 17.6 Å². The first kappa shape index (κ1) is 11.8. The van der Waals surface area contributed by atoms with Gasteiger partial charge in [-0.1, -0.05) is 26.0 Å². The predicted molar refractivity (Wildman–Crippen MR) is 54.5 cm³/mol. The van der Waals surface area contributed by atoms with Gasteiger partial charge in [0.25, 0.3) is 0 Å². The lowest BCUT2D eigenvalue weighted by molar-refractivity contribution is -0.122. The largest absolute Gasteiger partial charge is 0.299 e. The fourth-order valence-corrected chi connectivity index (χ4v) is 1.50. The van der Waals surface area contributed by atoms with Crippen molar-refractivity contribution in [3.63, 3.8) is 0 Å². The van der Waals surface area contributed by atoms with Crippen LogP contribution in [0.15, 0.2) is 18.2 Å². The van der Waals surface area contributed by atoms with Crippen molar-refractivity contribution >= 4 is 5.78 Å². The van der Waals surface area contributed by atoms with Crippen molar-refractivity contribution in [3.05, 3.63) is 35.4 Å². The van der Waals surface area contributed by atoms with Gasteiger partial charge in [0.1, 0.15) is 5.78 Å². The lowest BCUT2D eigenvalue weighted by Gasteiger charge is -2.09. The summed E-state index contributed by atoms with van der Waals surface area (Å²) in [6.07, 6.45) is 0.689. The highest BCUT2D eigenvalue weighted by atomic mass is 19.2. The van der Waals surface area contributed by atoms with Crippen LogP contribution in [0.3, 0.4) is 0 Å². The summed E-state index contributed by atoms with van der Waals surface area (Å²) in [5, 5.41) is 0. The summed E-state index contributed by atoms with van der Waals surface area (Å²) in [6, 6.07) is 4.04. The standard InChI is InChI=1S/C12H14F2O/c1-3-11(15)8(2)7-9-5-4-6-10(13)12(9)14/h4-6,8H,3,7H2,1-2H3. The van der Waals surface area contributed by atoms with E-state index in [2.05, 4.69) is 0 Å². The maximum absolute atomic E-state index is 13.2. The molecule has 1 atom stereocenters. The van der Waals surface area contributed by atoms with Gasteiger partial charge in [-0.2, -0.15) is 0 Å². The fourth-order valence-electron chi connectivity index (χ4n) is 1.50. The maximum atomic E-state index is 13.2. The Balaban J connectivity index is 2.81. The first-order chi connectivity index (χ1) is 7.06. The quantitative estimate of drug-likeness (QED) is 0.749. The van der Waals surface area contributed by atoms with E-state index in [1.54, 1.807) is 13.8 Å². The van der Waals surface area contributed by atoms with Crippen molar-refractivity contribution in [2.24, 2.45) is 5.92 Å². The fraction of sp³-hybridized carbons (Fsp3) is 0.417.